The van der Waals surface area contributed by atoms with Gasteiger partial charge in [0.2, 0.25) is 0 Å². The molecule has 0 amide bonds. The predicted octanol–water partition coefficient (Wildman–Crippen LogP) is 9.40. The summed E-state index contributed by atoms with van der Waals surface area (Å²) in [6.45, 7) is 0. The molecule has 0 aromatic heterocycles. The number of hydrogen-bond acceptors (Lipinski definition) is 0. The minimum Gasteiger partial charge on any atom is -0.0836 e. The molecule has 5 aliphatic carbocycles. The van der Waals surface area contributed by atoms with Gasteiger partial charge in [-0.1, -0.05) is 90.5 Å². The lowest BCUT2D eigenvalue weighted by Crippen LogP contribution is -2.55. The van der Waals surface area contributed by atoms with Crippen LogP contribution in [0.4, 0.5) is 0 Å². The molecule has 0 radical (unpaired) electrons. The smallest absolute Gasteiger partial charge is 0.0490 e. The first-order valence-electron chi connectivity index (χ1n) is 13.3. The molecule has 0 unspecified atom stereocenters. The van der Waals surface area contributed by atoms with Crippen molar-refractivity contribution in [3.63, 3.8) is 0 Å². The van der Waals surface area contributed by atoms with Crippen LogP contribution in [0.3, 0.4) is 0 Å². The van der Waals surface area contributed by atoms with Crippen molar-refractivity contribution < 1.29 is 0 Å². The molecule has 4 aromatic carbocycles. The summed E-state index contributed by atoms with van der Waals surface area (Å²) in [6, 6.07) is 33.6. The van der Waals surface area contributed by atoms with E-state index >= 15 is 0 Å². The zero-order valence-electron chi connectivity index (χ0n) is 19.9. The van der Waals surface area contributed by atoms with Crippen LogP contribution in [0.2, 0.25) is 5.02 Å². The van der Waals surface area contributed by atoms with E-state index in [1.165, 1.54) is 59.9 Å². The highest BCUT2D eigenvalue weighted by Crippen LogP contribution is 2.69. The fourth-order valence-corrected chi connectivity index (χ4v) is 9.17. The van der Waals surface area contributed by atoms with E-state index in [1.807, 2.05) is 0 Å². The summed E-state index contributed by atoms with van der Waals surface area (Å²) in [4.78, 5) is 0. The van der Waals surface area contributed by atoms with E-state index in [9.17, 15) is 0 Å². The Kier molecular flexibility index (Phi) is 4.27. The molecule has 0 atom stereocenters. The first-order chi connectivity index (χ1) is 17.2. The maximum atomic E-state index is 6.95. The summed E-state index contributed by atoms with van der Waals surface area (Å²) in [6.07, 6.45) is 7.14. The molecule has 0 nitrogen and oxygen atoms in total. The molecule has 4 aromatic rings. The summed E-state index contributed by atoms with van der Waals surface area (Å²) < 4.78 is 0. The average Bonchev–Trinajstić information content (AvgIpc) is 3.18. The monoisotopic (exact) mass is 472 g/mol. The lowest BCUT2D eigenvalue weighted by Gasteiger charge is -2.61. The van der Waals surface area contributed by atoms with Gasteiger partial charge in [0.1, 0.15) is 0 Å². The zero-order chi connectivity index (χ0) is 23.1. The van der Waals surface area contributed by atoms with Crippen LogP contribution >= 0.6 is 11.6 Å². The Bertz CT molecular complexity index is 1440. The van der Waals surface area contributed by atoms with Gasteiger partial charge in [-0.3, -0.25) is 0 Å². The topological polar surface area (TPSA) is 0 Å². The van der Waals surface area contributed by atoms with Crippen LogP contribution in [0.15, 0.2) is 91.0 Å². The third-order valence-corrected chi connectivity index (χ3v) is 10.3. The summed E-state index contributed by atoms with van der Waals surface area (Å²) >= 11 is 6.95. The summed E-state index contributed by atoms with van der Waals surface area (Å²) in [5.41, 5.74) is 11.1. The van der Waals surface area contributed by atoms with Crippen molar-refractivity contribution in [1.29, 1.82) is 0 Å². The molecule has 4 fully saturated rings. The highest BCUT2D eigenvalue weighted by Gasteiger charge is 2.61. The van der Waals surface area contributed by atoms with Crippen molar-refractivity contribution in [3.8, 4) is 33.4 Å². The highest BCUT2D eigenvalue weighted by molar-refractivity contribution is 6.33. The number of benzene rings is 4. The fourth-order valence-electron chi connectivity index (χ4n) is 8.88. The van der Waals surface area contributed by atoms with Crippen molar-refractivity contribution in [3.05, 3.63) is 107 Å². The zero-order valence-corrected chi connectivity index (χ0v) is 20.6. The molecule has 4 saturated carbocycles. The molecule has 172 valence electrons. The molecule has 9 rings (SSSR count). The molecule has 0 saturated heterocycles. The Morgan fingerprint density at radius 3 is 1.89 bits per heavy atom. The van der Waals surface area contributed by atoms with E-state index in [2.05, 4.69) is 91.0 Å². The Morgan fingerprint density at radius 2 is 1.14 bits per heavy atom. The lowest BCUT2D eigenvalue weighted by molar-refractivity contribution is -0.0399. The van der Waals surface area contributed by atoms with Crippen molar-refractivity contribution in [1.82, 2.24) is 0 Å². The second-order valence-corrected chi connectivity index (χ2v) is 11.9. The van der Waals surface area contributed by atoms with Gasteiger partial charge in [0, 0.05) is 16.0 Å². The standard InChI is InChI=1S/C34H29Cl/c35-33-20-24(23-6-2-1-3-7-23)10-12-28(33)25-11-13-30-29-8-4-5-9-31(29)34(32(30)19-25)26-15-21-14-22(17-26)18-27(34)16-21/h1-13,19-22,26-27H,14-18H2. The van der Waals surface area contributed by atoms with E-state index in [4.69, 9.17) is 11.6 Å². The first kappa shape index (κ1) is 20.4. The normalized spacial score (nSPS) is 29.4. The number of fused-ring (bicyclic) bond motifs is 3. The fraction of sp³-hybridized carbons (Fsp3) is 0.294. The van der Waals surface area contributed by atoms with Crippen LogP contribution < -0.4 is 0 Å². The van der Waals surface area contributed by atoms with Gasteiger partial charge in [-0.15, -0.1) is 0 Å². The van der Waals surface area contributed by atoms with Crippen LogP contribution in [0, 0.1) is 23.7 Å². The number of hydrogen-bond donors (Lipinski definition) is 0. The van der Waals surface area contributed by atoms with E-state index in [0.717, 1.165) is 34.3 Å². The Labute approximate surface area is 213 Å². The lowest BCUT2D eigenvalue weighted by atomic mass is 9.43. The molecule has 1 spiro atoms. The van der Waals surface area contributed by atoms with Gasteiger partial charge in [0.05, 0.1) is 0 Å². The maximum Gasteiger partial charge on any atom is 0.0490 e. The van der Waals surface area contributed by atoms with Gasteiger partial charge < -0.3 is 0 Å². The van der Waals surface area contributed by atoms with Gasteiger partial charge >= 0.3 is 0 Å². The van der Waals surface area contributed by atoms with Gasteiger partial charge in [-0.2, -0.15) is 0 Å². The SMILES string of the molecule is Clc1cc(-c2ccccc2)ccc1-c1ccc2c(c1)C1(c3ccccc3-2)C2CC3CC(C2)CC1C3. The molecule has 35 heavy (non-hydrogen) atoms. The molecule has 0 aliphatic heterocycles. The van der Waals surface area contributed by atoms with E-state index in [0.29, 0.717) is 0 Å². The van der Waals surface area contributed by atoms with E-state index in [1.54, 1.807) is 11.1 Å². The third kappa shape index (κ3) is 2.75. The number of rotatable bonds is 2. The van der Waals surface area contributed by atoms with Crippen molar-refractivity contribution >= 4 is 11.6 Å². The minimum atomic E-state index is 0.200. The summed E-state index contributed by atoms with van der Waals surface area (Å²) in [5, 5.41) is 0.834. The summed E-state index contributed by atoms with van der Waals surface area (Å²) in [5.74, 6) is 3.49. The van der Waals surface area contributed by atoms with Crippen LogP contribution in [-0.4, -0.2) is 0 Å². The second kappa shape index (κ2) is 7.34. The van der Waals surface area contributed by atoms with Gasteiger partial charge in [-0.05, 0) is 107 Å². The molecule has 0 N–H and O–H groups in total. The maximum absolute atomic E-state index is 6.95. The highest BCUT2D eigenvalue weighted by atomic mass is 35.5. The third-order valence-electron chi connectivity index (χ3n) is 9.94. The molecular formula is C34H29Cl. The Balaban J connectivity index is 1.29. The molecular weight excluding hydrogens is 444 g/mol. The van der Waals surface area contributed by atoms with E-state index < -0.39 is 0 Å². The second-order valence-electron chi connectivity index (χ2n) is 11.5. The predicted molar refractivity (Wildman–Crippen MR) is 146 cm³/mol. The summed E-state index contributed by atoms with van der Waals surface area (Å²) in [7, 11) is 0. The van der Waals surface area contributed by atoms with E-state index in [-0.39, 0.29) is 5.41 Å². The number of halogens is 1. The largest absolute Gasteiger partial charge is 0.0836 e. The van der Waals surface area contributed by atoms with Gasteiger partial charge in [-0.25, -0.2) is 0 Å². The first-order valence-corrected chi connectivity index (χ1v) is 13.7. The molecule has 0 heterocycles. The van der Waals surface area contributed by atoms with Crippen LogP contribution in [-0.2, 0) is 5.41 Å². The minimum absolute atomic E-state index is 0.200. The van der Waals surface area contributed by atoms with Crippen molar-refractivity contribution in [2.45, 2.75) is 37.5 Å². The van der Waals surface area contributed by atoms with Crippen LogP contribution in [0.25, 0.3) is 33.4 Å². The van der Waals surface area contributed by atoms with Crippen LogP contribution in [0.5, 0.6) is 0 Å². The Morgan fingerprint density at radius 1 is 0.514 bits per heavy atom. The Hall–Kier alpha value is -2.83. The van der Waals surface area contributed by atoms with Gasteiger partial charge in [0.25, 0.3) is 0 Å². The average molecular weight is 473 g/mol. The van der Waals surface area contributed by atoms with Gasteiger partial charge in [0.15, 0.2) is 0 Å². The van der Waals surface area contributed by atoms with Crippen LogP contribution in [0.1, 0.15) is 43.2 Å². The molecule has 4 bridgehead atoms. The molecule has 5 aliphatic rings. The van der Waals surface area contributed by atoms with Crippen molar-refractivity contribution in [2.24, 2.45) is 23.7 Å². The van der Waals surface area contributed by atoms with Crippen molar-refractivity contribution in [2.75, 3.05) is 0 Å². The quantitative estimate of drug-likeness (QED) is 0.272. The molecule has 1 heteroatoms.